The first kappa shape index (κ1) is 60.1. The van der Waals surface area contributed by atoms with Crippen LogP contribution in [0.25, 0.3) is 0 Å². The van der Waals surface area contributed by atoms with Gasteiger partial charge in [-0.25, -0.2) is 0 Å². The van der Waals surface area contributed by atoms with Crippen molar-refractivity contribution in [3.63, 3.8) is 0 Å². The number of aliphatic hydroxyl groups excluding tert-OH is 7. The Labute approximate surface area is 397 Å². The summed E-state index contributed by atoms with van der Waals surface area (Å²) in [7, 11) is 0. The van der Waals surface area contributed by atoms with E-state index in [0.717, 1.165) is 77.0 Å². The Morgan fingerprint density at radius 1 is 0.515 bits per heavy atom. The summed E-state index contributed by atoms with van der Waals surface area (Å²) in [6.07, 6.45) is 28.9. The van der Waals surface area contributed by atoms with E-state index in [1.807, 2.05) is 0 Å². The zero-order valence-electron chi connectivity index (χ0n) is 40.7. The SMILES string of the molecule is CC/C=C\C/C=C\C/C=C\CCCCCCOCC(COC1OC(COC2OC(CO)C(O)C(O)C2O)C(O)C(O)C1O)OC(=O)CCCCCCCCC/C=C\CCCCCCCCC. The Morgan fingerprint density at radius 2 is 0.985 bits per heavy atom. The molecule has 66 heavy (non-hydrogen) atoms. The summed E-state index contributed by atoms with van der Waals surface area (Å²) in [5.41, 5.74) is 0. The van der Waals surface area contributed by atoms with Crippen molar-refractivity contribution in [3.05, 3.63) is 48.6 Å². The first-order chi connectivity index (χ1) is 32.1. The van der Waals surface area contributed by atoms with Gasteiger partial charge in [-0.15, -0.1) is 0 Å². The molecule has 2 aliphatic rings. The lowest BCUT2D eigenvalue weighted by molar-refractivity contribution is -0.332. The van der Waals surface area contributed by atoms with Crippen molar-refractivity contribution in [3.8, 4) is 0 Å². The number of carbonyl (C=O) groups excluding carboxylic acids is 1. The smallest absolute Gasteiger partial charge is 0.306 e. The van der Waals surface area contributed by atoms with E-state index >= 15 is 0 Å². The van der Waals surface area contributed by atoms with E-state index in [1.165, 1.54) is 70.6 Å². The monoisotopic (exact) mass is 941 g/mol. The quantitative estimate of drug-likeness (QED) is 0.0179. The fraction of sp³-hybridized carbons (Fsp3) is 0.827. The van der Waals surface area contributed by atoms with Crippen molar-refractivity contribution in [2.75, 3.05) is 33.0 Å². The fourth-order valence-electron chi connectivity index (χ4n) is 7.88. The topological polar surface area (TPSA) is 214 Å². The van der Waals surface area contributed by atoms with Crippen molar-refractivity contribution in [2.45, 2.75) is 242 Å². The molecule has 0 aromatic heterocycles. The molecule has 2 aliphatic heterocycles. The predicted molar refractivity (Wildman–Crippen MR) is 256 cm³/mol. The van der Waals surface area contributed by atoms with Gasteiger partial charge in [0.05, 0.1) is 26.4 Å². The van der Waals surface area contributed by atoms with E-state index < -0.39 is 86.7 Å². The molecule has 384 valence electrons. The summed E-state index contributed by atoms with van der Waals surface area (Å²) in [6, 6.07) is 0. The van der Waals surface area contributed by atoms with Crippen LogP contribution in [-0.4, -0.2) is 142 Å². The summed E-state index contributed by atoms with van der Waals surface area (Å²) >= 11 is 0. The van der Waals surface area contributed by atoms with Crippen molar-refractivity contribution in [1.29, 1.82) is 0 Å². The molecule has 11 atom stereocenters. The van der Waals surface area contributed by atoms with Gasteiger partial charge in [-0.2, -0.15) is 0 Å². The highest BCUT2D eigenvalue weighted by molar-refractivity contribution is 5.69. The lowest BCUT2D eigenvalue weighted by Gasteiger charge is -2.42. The van der Waals surface area contributed by atoms with Crippen LogP contribution in [0.3, 0.4) is 0 Å². The van der Waals surface area contributed by atoms with E-state index in [0.29, 0.717) is 13.0 Å². The van der Waals surface area contributed by atoms with E-state index in [2.05, 4.69) is 62.5 Å². The molecule has 0 bridgehead atoms. The predicted octanol–water partition coefficient (Wildman–Crippen LogP) is 7.57. The van der Waals surface area contributed by atoms with E-state index in [9.17, 15) is 40.5 Å². The molecule has 0 aromatic carbocycles. The second kappa shape index (κ2) is 39.8. The molecule has 0 aromatic rings. The van der Waals surface area contributed by atoms with Crippen LogP contribution < -0.4 is 0 Å². The molecule has 0 aliphatic carbocycles. The molecule has 7 N–H and O–H groups in total. The molecule has 0 amide bonds. The van der Waals surface area contributed by atoms with Crippen LogP contribution in [0.15, 0.2) is 48.6 Å². The largest absolute Gasteiger partial charge is 0.457 e. The summed E-state index contributed by atoms with van der Waals surface area (Å²) in [4.78, 5) is 13.0. The Morgan fingerprint density at radius 3 is 1.56 bits per heavy atom. The molecule has 0 radical (unpaired) electrons. The molecular weight excluding hydrogens is 849 g/mol. The zero-order chi connectivity index (χ0) is 48.0. The van der Waals surface area contributed by atoms with Gasteiger partial charge < -0.3 is 64.2 Å². The van der Waals surface area contributed by atoms with E-state index in [1.54, 1.807) is 0 Å². The third-order valence-electron chi connectivity index (χ3n) is 12.1. The number of rotatable bonds is 40. The van der Waals surface area contributed by atoms with Crippen molar-refractivity contribution in [1.82, 2.24) is 0 Å². The number of esters is 1. The molecule has 2 heterocycles. The Balaban J connectivity index is 1.78. The van der Waals surface area contributed by atoms with Gasteiger partial charge in [0.15, 0.2) is 12.6 Å². The maximum absolute atomic E-state index is 13.0. The van der Waals surface area contributed by atoms with Crippen molar-refractivity contribution >= 4 is 5.97 Å². The normalized spacial score (nSPS) is 26.7. The Bertz CT molecular complexity index is 1280. The highest BCUT2D eigenvalue weighted by atomic mass is 16.7. The van der Waals surface area contributed by atoms with Gasteiger partial charge in [0, 0.05) is 13.0 Å². The summed E-state index contributed by atoms with van der Waals surface area (Å²) in [6.45, 7) is 3.51. The van der Waals surface area contributed by atoms with Crippen LogP contribution in [0.5, 0.6) is 0 Å². The van der Waals surface area contributed by atoms with Gasteiger partial charge in [-0.3, -0.25) is 4.79 Å². The van der Waals surface area contributed by atoms with E-state index in [4.69, 9.17) is 28.4 Å². The lowest BCUT2D eigenvalue weighted by atomic mass is 9.98. The van der Waals surface area contributed by atoms with Crippen LogP contribution in [0.1, 0.15) is 174 Å². The number of ether oxygens (including phenoxy) is 6. The minimum atomic E-state index is -1.71. The number of hydrogen-bond donors (Lipinski definition) is 7. The maximum Gasteiger partial charge on any atom is 0.306 e. The number of carbonyl (C=O) groups is 1. The minimum Gasteiger partial charge on any atom is -0.457 e. The van der Waals surface area contributed by atoms with E-state index in [-0.39, 0.29) is 19.6 Å². The summed E-state index contributed by atoms with van der Waals surface area (Å²) < 4.78 is 34.2. The summed E-state index contributed by atoms with van der Waals surface area (Å²) in [5.74, 6) is -0.390. The van der Waals surface area contributed by atoms with Crippen LogP contribution in [0.2, 0.25) is 0 Å². The molecule has 2 saturated heterocycles. The average Bonchev–Trinajstić information content (AvgIpc) is 3.31. The Kier molecular flexibility index (Phi) is 36.2. The second-order valence-electron chi connectivity index (χ2n) is 18.0. The molecule has 14 nitrogen and oxygen atoms in total. The summed E-state index contributed by atoms with van der Waals surface area (Å²) in [5, 5.41) is 72.1. The number of aliphatic hydroxyl groups is 7. The van der Waals surface area contributed by atoms with Crippen molar-refractivity contribution in [2.24, 2.45) is 0 Å². The van der Waals surface area contributed by atoms with Crippen LogP contribution in [0, 0.1) is 0 Å². The number of unbranched alkanes of at least 4 members (excludes halogenated alkanes) is 18. The second-order valence-corrected chi connectivity index (χ2v) is 18.0. The lowest BCUT2D eigenvalue weighted by Crippen LogP contribution is -2.61. The fourth-order valence-corrected chi connectivity index (χ4v) is 7.88. The van der Waals surface area contributed by atoms with Crippen molar-refractivity contribution < 1.29 is 69.0 Å². The third kappa shape index (κ3) is 27.2. The standard InChI is InChI=1S/C52H92O14/c1-3-5-7-9-11-13-15-17-19-20-21-22-23-25-27-29-31-33-35-44(54)64-41(38-61-36-34-32-30-28-26-24-18-16-14-12-10-8-6-4-2)39-62-51-50(60)48(58)46(56)43(66-51)40-63-52-49(59)47(57)45(55)42(37-53)65-52/h6,8,12,14,18-20,24,41-43,45-53,55-60H,3-5,7,9-11,13,15-17,21-23,25-40H2,1-2H3/b8-6-,14-12-,20-19-,24-18-. The molecule has 2 fully saturated rings. The Hall–Kier alpha value is -2.05. The van der Waals surface area contributed by atoms with Gasteiger partial charge in [-0.05, 0) is 70.6 Å². The molecule has 2 rings (SSSR count). The van der Waals surface area contributed by atoms with Gasteiger partial charge in [0.25, 0.3) is 0 Å². The van der Waals surface area contributed by atoms with Gasteiger partial charge in [0.1, 0.15) is 54.9 Å². The molecule has 14 heteroatoms. The van der Waals surface area contributed by atoms with Gasteiger partial charge in [0.2, 0.25) is 0 Å². The first-order valence-electron chi connectivity index (χ1n) is 25.7. The zero-order valence-corrected chi connectivity index (χ0v) is 40.7. The van der Waals surface area contributed by atoms with Gasteiger partial charge >= 0.3 is 5.97 Å². The maximum atomic E-state index is 13.0. The highest BCUT2D eigenvalue weighted by Crippen LogP contribution is 2.26. The minimum absolute atomic E-state index is 0.0438. The van der Waals surface area contributed by atoms with Crippen LogP contribution in [-0.2, 0) is 33.2 Å². The van der Waals surface area contributed by atoms with Crippen LogP contribution >= 0.6 is 0 Å². The highest BCUT2D eigenvalue weighted by Gasteiger charge is 2.47. The van der Waals surface area contributed by atoms with Crippen LogP contribution in [0.4, 0.5) is 0 Å². The molecule has 11 unspecified atom stereocenters. The first-order valence-corrected chi connectivity index (χ1v) is 25.7. The number of hydrogen-bond acceptors (Lipinski definition) is 14. The molecule has 0 saturated carbocycles. The third-order valence-corrected chi connectivity index (χ3v) is 12.1. The molecule has 0 spiro atoms. The van der Waals surface area contributed by atoms with Gasteiger partial charge in [-0.1, -0.05) is 146 Å². The number of allylic oxidation sites excluding steroid dienone is 8. The molecular formula is C52H92O14. The average molecular weight is 941 g/mol.